The Morgan fingerprint density at radius 1 is 1.18 bits per heavy atom. The maximum atomic E-state index is 5.98. The standard InChI is InChI=1S/C19H26N8O/c1-14-11-15(12-16-23-17(20)19-21-3-4-27(19)24-16)13-22-18(14)26-7-5-25(6-8-26)9-10-28-2/h3-4,11,13H,5-10,12H2,1-2H3,(H2,20,23,24). The van der Waals surface area contributed by atoms with Crippen molar-refractivity contribution in [1.82, 2.24) is 29.5 Å². The summed E-state index contributed by atoms with van der Waals surface area (Å²) in [5.41, 5.74) is 8.80. The zero-order valence-corrected chi connectivity index (χ0v) is 16.4. The highest BCUT2D eigenvalue weighted by molar-refractivity contribution is 5.58. The molecule has 1 aliphatic rings. The highest BCUT2D eigenvalue weighted by Crippen LogP contribution is 2.21. The van der Waals surface area contributed by atoms with Crippen LogP contribution < -0.4 is 10.6 Å². The molecule has 4 rings (SSSR count). The van der Waals surface area contributed by atoms with Gasteiger partial charge in [-0.05, 0) is 18.1 Å². The third-order valence-electron chi connectivity index (χ3n) is 5.08. The molecule has 9 nitrogen and oxygen atoms in total. The van der Waals surface area contributed by atoms with Gasteiger partial charge >= 0.3 is 0 Å². The van der Waals surface area contributed by atoms with Gasteiger partial charge in [0.1, 0.15) is 5.82 Å². The molecule has 1 aliphatic heterocycles. The maximum absolute atomic E-state index is 5.98. The third-order valence-corrected chi connectivity index (χ3v) is 5.08. The number of pyridine rings is 1. The molecule has 0 aliphatic carbocycles. The molecule has 1 saturated heterocycles. The number of nitrogens with two attached hydrogens (primary N) is 1. The average molecular weight is 382 g/mol. The second-order valence-corrected chi connectivity index (χ2v) is 7.09. The Balaban J connectivity index is 1.44. The number of nitrogen functional groups attached to an aromatic ring is 1. The van der Waals surface area contributed by atoms with Gasteiger partial charge in [0.15, 0.2) is 17.3 Å². The van der Waals surface area contributed by atoms with Gasteiger partial charge < -0.3 is 15.4 Å². The van der Waals surface area contributed by atoms with Gasteiger partial charge in [-0.3, -0.25) is 4.90 Å². The van der Waals surface area contributed by atoms with E-state index in [0.717, 1.165) is 50.7 Å². The van der Waals surface area contributed by atoms with Crippen LogP contribution in [0.4, 0.5) is 11.6 Å². The van der Waals surface area contributed by atoms with Crippen molar-refractivity contribution in [2.45, 2.75) is 13.3 Å². The molecule has 2 N–H and O–H groups in total. The Kier molecular flexibility index (Phi) is 5.36. The molecule has 1 fully saturated rings. The lowest BCUT2D eigenvalue weighted by atomic mass is 10.1. The predicted octanol–water partition coefficient (Wildman–Crippen LogP) is 0.769. The molecule has 0 bridgehead atoms. The zero-order chi connectivity index (χ0) is 19.5. The van der Waals surface area contributed by atoms with E-state index in [1.54, 1.807) is 24.0 Å². The minimum atomic E-state index is 0.391. The fourth-order valence-electron chi connectivity index (χ4n) is 3.61. The minimum Gasteiger partial charge on any atom is -0.383 e. The number of hydrogen-bond acceptors (Lipinski definition) is 8. The largest absolute Gasteiger partial charge is 0.383 e. The summed E-state index contributed by atoms with van der Waals surface area (Å²) in [7, 11) is 1.75. The number of nitrogens with zero attached hydrogens (tertiary/aromatic N) is 7. The van der Waals surface area contributed by atoms with Crippen molar-refractivity contribution in [3.8, 4) is 0 Å². The van der Waals surface area contributed by atoms with E-state index in [2.05, 4.69) is 37.9 Å². The number of methoxy groups -OCH3 is 1. The normalized spacial score (nSPS) is 15.4. The van der Waals surface area contributed by atoms with Gasteiger partial charge in [0.2, 0.25) is 0 Å². The highest BCUT2D eigenvalue weighted by Gasteiger charge is 2.19. The summed E-state index contributed by atoms with van der Waals surface area (Å²) in [4.78, 5) is 18.0. The van der Waals surface area contributed by atoms with Crippen LogP contribution >= 0.6 is 0 Å². The van der Waals surface area contributed by atoms with Gasteiger partial charge in [0.05, 0.1) is 6.61 Å². The number of aromatic nitrogens is 5. The first-order chi connectivity index (χ1) is 13.6. The SMILES string of the molecule is COCCN1CCN(c2ncc(Cc3nc(N)c4nccn4n3)cc2C)CC1. The van der Waals surface area contributed by atoms with Gasteiger partial charge in [-0.25, -0.2) is 19.5 Å². The molecule has 4 heterocycles. The predicted molar refractivity (Wildman–Crippen MR) is 108 cm³/mol. The number of anilines is 2. The molecule has 28 heavy (non-hydrogen) atoms. The lowest BCUT2D eigenvalue weighted by Crippen LogP contribution is -2.47. The Hall–Kier alpha value is -2.78. The first-order valence-corrected chi connectivity index (χ1v) is 9.51. The fourth-order valence-corrected chi connectivity index (χ4v) is 3.61. The molecule has 0 radical (unpaired) electrons. The number of rotatable bonds is 6. The second-order valence-electron chi connectivity index (χ2n) is 7.09. The minimum absolute atomic E-state index is 0.391. The highest BCUT2D eigenvalue weighted by atomic mass is 16.5. The fraction of sp³-hybridized carbons (Fsp3) is 0.474. The van der Waals surface area contributed by atoms with Gasteiger partial charge in [-0.2, -0.15) is 5.10 Å². The van der Waals surface area contributed by atoms with Crippen LogP contribution in [0.3, 0.4) is 0 Å². The second kappa shape index (κ2) is 8.07. The molecule has 0 aromatic carbocycles. The smallest absolute Gasteiger partial charge is 0.196 e. The number of imidazole rings is 1. The summed E-state index contributed by atoms with van der Waals surface area (Å²) in [6.45, 7) is 7.90. The van der Waals surface area contributed by atoms with Gasteiger partial charge in [0.25, 0.3) is 0 Å². The van der Waals surface area contributed by atoms with Crippen molar-refractivity contribution >= 4 is 17.3 Å². The molecule has 0 amide bonds. The Morgan fingerprint density at radius 2 is 2.00 bits per heavy atom. The van der Waals surface area contributed by atoms with Crippen molar-refractivity contribution in [2.24, 2.45) is 0 Å². The molecule has 9 heteroatoms. The van der Waals surface area contributed by atoms with Crippen LogP contribution in [0.25, 0.3) is 5.65 Å². The molecule has 0 spiro atoms. The van der Waals surface area contributed by atoms with Crippen molar-refractivity contribution in [3.63, 3.8) is 0 Å². The first-order valence-electron chi connectivity index (χ1n) is 9.51. The van der Waals surface area contributed by atoms with Crippen LogP contribution in [0.1, 0.15) is 17.0 Å². The van der Waals surface area contributed by atoms with E-state index in [9.17, 15) is 0 Å². The summed E-state index contributed by atoms with van der Waals surface area (Å²) in [6.07, 6.45) is 5.93. The Bertz CT molecular complexity index is 948. The molecule has 0 unspecified atom stereocenters. The molecular formula is C19H26N8O. The Labute approximate surface area is 164 Å². The molecule has 0 saturated carbocycles. The average Bonchev–Trinajstić information content (AvgIpc) is 3.16. The number of aryl methyl sites for hydroxylation is 1. The van der Waals surface area contributed by atoms with Gasteiger partial charge in [-0.15, -0.1) is 0 Å². The van der Waals surface area contributed by atoms with Crippen LogP contribution in [0.2, 0.25) is 0 Å². The van der Waals surface area contributed by atoms with E-state index >= 15 is 0 Å². The summed E-state index contributed by atoms with van der Waals surface area (Å²) in [5, 5.41) is 4.48. The summed E-state index contributed by atoms with van der Waals surface area (Å²) < 4.78 is 6.84. The maximum Gasteiger partial charge on any atom is 0.196 e. The number of ether oxygens (including phenoxy) is 1. The molecular weight excluding hydrogens is 356 g/mol. The van der Waals surface area contributed by atoms with E-state index in [-0.39, 0.29) is 0 Å². The van der Waals surface area contributed by atoms with Crippen LogP contribution in [-0.2, 0) is 11.2 Å². The quantitative estimate of drug-likeness (QED) is 0.668. The van der Waals surface area contributed by atoms with Crippen molar-refractivity contribution in [3.05, 3.63) is 41.6 Å². The van der Waals surface area contributed by atoms with Crippen molar-refractivity contribution < 1.29 is 4.74 Å². The number of hydrogen-bond donors (Lipinski definition) is 1. The topological polar surface area (TPSA) is 97.7 Å². The number of piperazine rings is 1. The van der Waals surface area contributed by atoms with Crippen LogP contribution in [0.15, 0.2) is 24.7 Å². The van der Waals surface area contributed by atoms with Crippen LogP contribution in [-0.4, -0.2) is 75.9 Å². The summed E-state index contributed by atoms with van der Waals surface area (Å²) >= 11 is 0. The molecule has 3 aromatic rings. The zero-order valence-electron chi connectivity index (χ0n) is 16.4. The molecule has 3 aromatic heterocycles. The van der Waals surface area contributed by atoms with E-state index in [1.165, 1.54) is 5.56 Å². The molecule has 0 atom stereocenters. The van der Waals surface area contributed by atoms with Crippen LogP contribution in [0.5, 0.6) is 0 Å². The summed E-state index contributed by atoms with van der Waals surface area (Å²) in [6, 6.07) is 2.16. The first kappa shape index (κ1) is 18.6. The van der Waals surface area contributed by atoms with Crippen LogP contribution in [0, 0.1) is 6.92 Å². The van der Waals surface area contributed by atoms with E-state index < -0.39 is 0 Å². The number of fused-ring (bicyclic) bond motifs is 1. The molecule has 148 valence electrons. The van der Waals surface area contributed by atoms with Crippen molar-refractivity contribution in [2.75, 3.05) is 57.1 Å². The third kappa shape index (κ3) is 3.90. The monoisotopic (exact) mass is 382 g/mol. The van der Waals surface area contributed by atoms with E-state index in [4.69, 9.17) is 15.5 Å². The lowest BCUT2D eigenvalue weighted by molar-refractivity contribution is 0.144. The van der Waals surface area contributed by atoms with Crippen molar-refractivity contribution in [1.29, 1.82) is 0 Å². The van der Waals surface area contributed by atoms with Gasteiger partial charge in [-0.1, -0.05) is 6.07 Å². The van der Waals surface area contributed by atoms with Gasteiger partial charge in [0, 0.05) is 64.8 Å². The lowest BCUT2D eigenvalue weighted by Gasteiger charge is -2.36. The summed E-state index contributed by atoms with van der Waals surface area (Å²) in [5.74, 6) is 2.10. The van der Waals surface area contributed by atoms with E-state index in [0.29, 0.717) is 23.7 Å². The van der Waals surface area contributed by atoms with E-state index in [1.807, 2.05) is 6.20 Å². The Morgan fingerprint density at radius 3 is 2.75 bits per heavy atom.